The normalized spacial score (nSPS) is 11.0. The zero-order chi connectivity index (χ0) is 27.2. The van der Waals surface area contributed by atoms with Crippen molar-refractivity contribution in [2.75, 3.05) is 5.32 Å². The van der Waals surface area contributed by atoms with Crippen LogP contribution in [0.1, 0.15) is 5.56 Å². The van der Waals surface area contributed by atoms with Crippen molar-refractivity contribution in [3.05, 3.63) is 137 Å². The van der Waals surface area contributed by atoms with E-state index in [1.807, 2.05) is 89.6 Å². The second-order valence-electron chi connectivity index (χ2n) is 8.58. The van der Waals surface area contributed by atoms with Gasteiger partial charge in [0.15, 0.2) is 0 Å². The molecule has 1 amide bonds. The lowest BCUT2D eigenvalue weighted by atomic mass is 10.1. The van der Waals surface area contributed by atoms with Crippen LogP contribution in [0.3, 0.4) is 0 Å². The molecule has 0 spiro atoms. The Bertz CT molecular complexity index is 1720. The van der Waals surface area contributed by atoms with Gasteiger partial charge in [-0.05, 0) is 35.9 Å². The van der Waals surface area contributed by atoms with Gasteiger partial charge >= 0.3 is 0 Å². The highest BCUT2D eigenvalue weighted by atomic mass is 16.6. The summed E-state index contributed by atoms with van der Waals surface area (Å²) in [6.07, 6.45) is 1.47. The quantitative estimate of drug-likeness (QED) is 0.114. The fourth-order valence-corrected chi connectivity index (χ4v) is 4.07. The fourth-order valence-electron chi connectivity index (χ4n) is 4.07. The summed E-state index contributed by atoms with van der Waals surface area (Å²) in [4.78, 5) is 23.1. The number of hydrogen-bond acceptors (Lipinski definition) is 5. The zero-order valence-corrected chi connectivity index (χ0v) is 20.6. The summed E-state index contributed by atoms with van der Waals surface area (Å²) in [5, 5.41) is 28.0. The molecule has 8 nitrogen and oxygen atoms in total. The standard InChI is InChI=1S/C31H21N5O3/c32-21-25(31(37)33-26-12-7-13-28(19-26)36(38)39)18-22-14-16-27(17-15-22)35-30(24-10-5-2-6-11-24)20-29(34-35)23-8-3-1-4-9-23/h1-20H,(H,33,37)/b25-18+. The van der Waals surface area contributed by atoms with Gasteiger partial charge in [-0.1, -0.05) is 78.9 Å². The molecule has 1 heterocycles. The third-order valence-electron chi connectivity index (χ3n) is 5.98. The van der Waals surface area contributed by atoms with Gasteiger partial charge in [0.2, 0.25) is 0 Å². The Morgan fingerprint density at radius 2 is 1.54 bits per heavy atom. The summed E-state index contributed by atoms with van der Waals surface area (Å²) in [5.74, 6) is -0.659. The first-order valence-electron chi connectivity index (χ1n) is 12.0. The van der Waals surface area contributed by atoms with Crippen molar-refractivity contribution in [1.29, 1.82) is 5.26 Å². The monoisotopic (exact) mass is 511 g/mol. The first-order valence-corrected chi connectivity index (χ1v) is 12.0. The summed E-state index contributed by atoms with van der Waals surface area (Å²) in [5.41, 5.74) is 5.16. The van der Waals surface area contributed by atoms with E-state index >= 15 is 0 Å². The molecule has 0 atom stereocenters. The average Bonchev–Trinajstić information content (AvgIpc) is 3.43. The number of aromatic nitrogens is 2. The molecule has 0 unspecified atom stereocenters. The molecular weight excluding hydrogens is 490 g/mol. The van der Waals surface area contributed by atoms with Crippen LogP contribution in [0, 0.1) is 21.4 Å². The van der Waals surface area contributed by atoms with Gasteiger partial charge < -0.3 is 5.32 Å². The maximum Gasteiger partial charge on any atom is 0.271 e. The van der Waals surface area contributed by atoms with Gasteiger partial charge in [-0.25, -0.2) is 4.68 Å². The van der Waals surface area contributed by atoms with Gasteiger partial charge in [-0.15, -0.1) is 0 Å². The summed E-state index contributed by atoms with van der Waals surface area (Å²) in [7, 11) is 0. The second kappa shape index (κ2) is 11.1. The molecule has 39 heavy (non-hydrogen) atoms. The van der Waals surface area contributed by atoms with E-state index in [1.54, 1.807) is 12.1 Å². The summed E-state index contributed by atoms with van der Waals surface area (Å²) in [6.45, 7) is 0. The lowest BCUT2D eigenvalue weighted by molar-refractivity contribution is -0.384. The van der Waals surface area contributed by atoms with E-state index in [0.29, 0.717) is 5.56 Å². The SMILES string of the molecule is N#C/C(=C\c1ccc(-n2nc(-c3ccccc3)cc2-c2ccccc2)cc1)C(=O)Nc1cccc([N+](=O)[O-])c1. The summed E-state index contributed by atoms with van der Waals surface area (Å²) in [6, 6.07) is 36.7. The third-order valence-corrected chi connectivity index (χ3v) is 5.98. The Labute approximate surface area is 224 Å². The highest BCUT2D eigenvalue weighted by Crippen LogP contribution is 2.29. The predicted octanol–water partition coefficient (Wildman–Crippen LogP) is 6.66. The van der Waals surface area contributed by atoms with Crippen LogP contribution in [0.15, 0.2) is 121 Å². The molecule has 0 bridgehead atoms. The maximum absolute atomic E-state index is 12.7. The van der Waals surface area contributed by atoms with Crippen molar-refractivity contribution in [2.24, 2.45) is 0 Å². The van der Waals surface area contributed by atoms with Crippen molar-refractivity contribution < 1.29 is 9.72 Å². The number of carbonyl (C=O) groups is 1. The number of carbonyl (C=O) groups excluding carboxylic acids is 1. The van der Waals surface area contributed by atoms with Crippen LogP contribution in [0.5, 0.6) is 0 Å². The molecule has 5 aromatic rings. The molecule has 0 aliphatic heterocycles. The first kappa shape index (κ1) is 24.9. The Hall–Kier alpha value is -5.81. The number of nitrogens with one attached hydrogen (secondary N) is 1. The minimum Gasteiger partial charge on any atom is -0.321 e. The maximum atomic E-state index is 12.7. The molecular formula is C31H21N5O3. The number of anilines is 1. The zero-order valence-electron chi connectivity index (χ0n) is 20.6. The molecule has 0 aliphatic rings. The molecule has 1 aromatic heterocycles. The average molecular weight is 512 g/mol. The van der Waals surface area contributed by atoms with E-state index in [1.165, 1.54) is 30.3 Å². The molecule has 0 fully saturated rings. The van der Waals surface area contributed by atoms with Crippen LogP contribution >= 0.6 is 0 Å². The highest BCUT2D eigenvalue weighted by Gasteiger charge is 2.14. The molecule has 5 rings (SSSR count). The lowest BCUT2D eigenvalue weighted by Gasteiger charge is -2.08. The number of nitriles is 1. The summed E-state index contributed by atoms with van der Waals surface area (Å²) >= 11 is 0. The van der Waals surface area contributed by atoms with Crippen LogP contribution in [0.2, 0.25) is 0 Å². The van der Waals surface area contributed by atoms with Crippen molar-refractivity contribution in [3.63, 3.8) is 0 Å². The number of hydrogen-bond donors (Lipinski definition) is 1. The van der Waals surface area contributed by atoms with Crippen LogP contribution in [0.25, 0.3) is 34.3 Å². The molecule has 0 saturated heterocycles. The van der Waals surface area contributed by atoms with Crippen molar-refractivity contribution in [2.45, 2.75) is 0 Å². The molecule has 188 valence electrons. The number of non-ortho nitro benzene ring substituents is 1. The third kappa shape index (κ3) is 5.63. The van der Waals surface area contributed by atoms with E-state index in [0.717, 1.165) is 28.2 Å². The van der Waals surface area contributed by atoms with Crippen LogP contribution in [-0.2, 0) is 4.79 Å². The number of nitrogens with zero attached hydrogens (tertiary/aromatic N) is 4. The number of benzene rings is 4. The first-order chi connectivity index (χ1) is 19.0. The summed E-state index contributed by atoms with van der Waals surface area (Å²) < 4.78 is 1.87. The second-order valence-corrected chi connectivity index (χ2v) is 8.58. The Kier molecular flexibility index (Phi) is 7.06. The Morgan fingerprint density at radius 3 is 2.18 bits per heavy atom. The van der Waals surface area contributed by atoms with E-state index in [-0.39, 0.29) is 16.9 Å². The van der Waals surface area contributed by atoms with Crippen molar-refractivity contribution in [1.82, 2.24) is 9.78 Å². The lowest BCUT2D eigenvalue weighted by Crippen LogP contribution is -2.13. The molecule has 0 radical (unpaired) electrons. The minimum absolute atomic E-state index is 0.135. The molecule has 1 N–H and O–H groups in total. The van der Waals surface area contributed by atoms with Gasteiger partial charge in [0.05, 0.1) is 22.0 Å². The van der Waals surface area contributed by atoms with E-state index < -0.39 is 10.8 Å². The Balaban J connectivity index is 1.43. The van der Waals surface area contributed by atoms with Gasteiger partial charge in [-0.2, -0.15) is 10.4 Å². The Morgan fingerprint density at radius 1 is 0.872 bits per heavy atom. The number of amides is 1. The molecule has 4 aromatic carbocycles. The highest BCUT2D eigenvalue weighted by molar-refractivity contribution is 6.09. The van der Waals surface area contributed by atoms with Crippen LogP contribution in [-0.4, -0.2) is 20.6 Å². The fraction of sp³-hybridized carbons (Fsp3) is 0. The number of nitro groups is 1. The predicted molar refractivity (Wildman–Crippen MR) is 150 cm³/mol. The minimum atomic E-state index is -0.659. The smallest absolute Gasteiger partial charge is 0.271 e. The van der Waals surface area contributed by atoms with Gasteiger partial charge in [0.1, 0.15) is 11.6 Å². The van der Waals surface area contributed by atoms with Gasteiger partial charge in [-0.3, -0.25) is 14.9 Å². The van der Waals surface area contributed by atoms with Gasteiger partial charge in [0, 0.05) is 28.9 Å². The molecule has 0 aliphatic carbocycles. The van der Waals surface area contributed by atoms with Crippen molar-refractivity contribution in [3.8, 4) is 34.3 Å². The topological polar surface area (TPSA) is 114 Å². The molecule has 8 heteroatoms. The van der Waals surface area contributed by atoms with E-state index in [4.69, 9.17) is 5.10 Å². The van der Waals surface area contributed by atoms with Crippen LogP contribution < -0.4 is 5.32 Å². The molecule has 0 saturated carbocycles. The van der Waals surface area contributed by atoms with Gasteiger partial charge in [0.25, 0.3) is 11.6 Å². The van der Waals surface area contributed by atoms with E-state index in [9.17, 15) is 20.2 Å². The van der Waals surface area contributed by atoms with E-state index in [2.05, 4.69) is 5.32 Å². The largest absolute Gasteiger partial charge is 0.321 e. The van der Waals surface area contributed by atoms with Crippen LogP contribution in [0.4, 0.5) is 11.4 Å². The van der Waals surface area contributed by atoms with Crippen molar-refractivity contribution >= 4 is 23.4 Å². The number of rotatable bonds is 7. The number of nitro benzene ring substituents is 1.